The lowest BCUT2D eigenvalue weighted by atomic mass is 9.98. The van der Waals surface area contributed by atoms with Gasteiger partial charge in [-0.15, -0.1) is 0 Å². The Morgan fingerprint density at radius 2 is 1.44 bits per heavy atom. The van der Waals surface area contributed by atoms with Crippen LogP contribution >= 0.6 is 0 Å². The first-order valence-corrected chi connectivity index (χ1v) is 4.04. The van der Waals surface area contributed by atoms with E-state index in [-0.39, 0.29) is 6.10 Å². The van der Waals surface area contributed by atoms with Gasteiger partial charge in [-0.1, -0.05) is 0 Å². The van der Waals surface area contributed by atoms with Crippen molar-refractivity contribution in [2.75, 3.05) is 0 Å². The van der Waals surface area contributed by atoms with E-state index >= 15 is 0 Å². The molecule has 0 aliphatic heterocycles. The first-order chi connectivity index (χ1) is 4.36. The monoisotopic (exact) mass is 124 g/mol. The maximum absolute atomic E-state index is 9.53. The first-order valence-electron chi connectivity index (χ1n) is 4.04. The molecule has 3 aliphatic rings. The Balaban J connectivity index is 1.87. The summed E-state index contributed by atoms with van der Waals surface area (Å²) in [6.45, 7) is 0. The van der Waals surface area contributed by atoms with Crippen LogP contribution in [-0.2, 0) is 0 Å². The van der Waals surface area contributed by atoms with Gasteiger partial charge in [-0.3, -0.25) is 0 Å². The second kappa shape index (κ2) is 1.20. The molecule has 0 aromatic rings. The molecule has 3 fully saturated rings. The van der Waals surface area contributed by atoms with Crippen molar-refractivity contribution in [1.29, 1.82) is 0 Å². The normalized spacial score (nSPS) is 68.3. The summed E-state index contributed by atoms with van der Waals surface area (Å²) in [7, 11) is 0. The van der Waals surface area contributed by atoms with E-state index < -0.39 is 0 Å². The number of rotatable bonds is 0. The van der Waals surface area contributed by atoms with Crippen LogP contribution in [0.3, 0.4) is 0 Å². The quantitative estimate of drug-likeness (QED) is 0.511. The number of fused-ring (bicyclic) bond motifs is 2. The molecule has 0 spiro atoms. The van der Waals surface area contributed by atoms with Gasteiger partial charge in [-0.05, 0) is 42.9 Å². The van der Waals surface area contributed by atoms with Crippen LogP contribution in [0.25, 0.3) is 0 Å². The van der Waals surface area contributed by atoms with Crippen LogP contribution in [0.5, 0.6) is 0 Å². The molecule has 5 atom stereocenters. The smallest absolute Gasteiger partial charge is 0.0602 e. The largest absolute Gasteiger partial charge is 0.393 e. The third kappa shape index (κ3) is 0.493. The zero-order valence-electron chi connectivity index (χ0n) is 5.46. The lowest BCUT2D eigenvalue weighted by Gasteiger charge is -2.13. The average Bonchev–Trinajstić information content (AvgIpc) is 2.57. The second-order valence-corrected chi connectivity index (χ2v) is 4.05. The third-order valence-electron chi connectivity index (χ3n) is 3.44. The van der Waals surface area contributed by atoms with E-state index in [2.05, 4.69) is 0 Å². The van der Waals surface area contributed by atoms with Crippen LogP contribution in [0, 0.1) is 23.7 Å². The van der Waals surface area contributed by atoms with Crippen molar-refractivity contribution in [3.8, 4) is 0 Å². The summed E-state index contributed by atoms with van der Waals surface area (Å²) in [6, 6.07) is 0. The van der Waals surface area contributed by atoms with Crippen molar-refractivity contribution < 1.29 is 5.11 Å². The molecule has 0 radical (unpaired) electrons. The van der Waals surface area contributed by atoms with Gasteiger partial charge < -0.3 is 5.11 Å². The van der Waals surface area contributed by atoms with Crippen molar-refractivity contribution >= 4 is 0 Å². The lowest BCUT2D eigenvalue weighted by molar-refractivity contribution is 0.101. The van der Waals surface area contributed by atoms with Crippen molar-refractivity contribution in [2.24, 2.45) is 23.7 Å². The molecule has 0 heterocycles. The molecular formula is C8H12O. The topological polar surface area (TPSA) is 20.2 Å². The zero-order valence-corrected chi connectivity index (χ0v) is 5.46. The van der Waals surface area contributed by atoms with Crippen molar-refractivity contribution in [3.05, 3.63) is 0 Å². The molecule has 50 valence electrons. The van der Waals surface area contributed by atoms with Gasteiger partial charge in [0.1, 0.15) is 0 Å². The SMILES string of the molecule is OC1[C@H]2C[C@H]2C[C@H]2C[C@@H]12. The fourth-order valence-electron chi connectivity index (χ4n) is 2.63. The highest BCUT2D eigenvalue weighted by molar-refractivity contribution is 5.08. The molecule has 0 saturated heterocycles. The Hall–Kier alpha value is -0.0400. The van der Waals surface area contributed by atoms with Gasteiger partial charge in [0.15, 0.2) is 0 Å². The number of aliphatic hydroxyl groups excluding tert-OH is 1. The summed E-state index contributed by atoms with van der Waals surface area (Å²) >= 11 is 0. The summed E-state index contributed by atoms with van der Waals surface area (Å²) in [6.07, 6.45) is 4.25. The van der Waals surface area contributed by atoms with Crippen molar-refractivity contribution in [2.45, 2.75) is 25.4 Å². The molecule has 1 heteroatoms. The van der Waals surface area contributed by atoms with E-state index in [1.165, 1.54) is 19.3 Å². The molecule has 1 unspecified atom stereocenters. The van der Waals surface area contributed by atoms with E-state index in [0.717, 1.165) is 23.7 Å². The van der Waals surface area contributed by atoms with E-state index in [1.807, 2.05) is 0 Å². The maximum Gasteiger partial charge on any atom is 0.0602 e. The average molecular weight is 124 g/mol. The predicted octanol–water partition coefficient (Wildman–Crippen LogP) is 1.02. The third-order valence-corrected chi connectivity index (χ3v) is 3.44. The Bertz CT molecular complexity index is 139. The van der Waals surface area contributed by atoms with Crippen LogP contribution in [0.2, 0.25) is 0 Å². The predicted molar refractivity (Wildman–Crippen MR) is 33.8 cm³/mol. The standard InChI is InChI=1S/C8H12O/c9-8-6-2-4(6)1-5-3-7(5)8/h4-9H,1-3H2/t4-,5+,6+,7-,8?. The highest BCUT2D eigenvalue weighted by Crippen LogP contribution is 2.62. The fraction of sp³-hybridized carbons (Fsp3) is 1.00. The molecule has 1 nitrogen and oxygen atoms in total. The van der Waals surface area contributed by atoms with E-state index in [0.29, 0.717) is 0 Å². The first kappa shape index (κ1) is 4.73. The van der Waals surface area contributed by atoms with Gasteiger partial charge in [0.05, 0.1) is 6.10 Å². The fourth-order valence-corrected chi connectivity index (χ4v) is 2.63. The van der Waals surface area contributed by atoms with Crippen LogP contribution in [-0.4, -0.2) is 11.2 Å². The van der Waals surface area contributed by atoms with Crippen LogP contribution in [0.4, 0.5) is 0 Å². The molecule has 0 amide bonds. The van der Waals surface area contributed by atoms with Gasteiger partial charge in [0.2, 0.25) is 0 Å². The molecule has 1 N–H and O–H groups in total. The molecule has 3 rings (SSSR count). The molecular weight excluding hydrogens is 112 g/mol. The number of hydrogen-bond acceptors (Lipinski definition) is 1. The van der Waals surface area contributed by atoms with Crippen molar-refractivity contribution in [3.63, 3.8) is 0 Å². The van der Waals surface area contributed by atoms with Crippen LogP contribution in [0.15, 0.2) is 0 Å². The lowest BCUT2D eigenvalue weighted by Crippen LogP contribution is -2.18. The van der Waals surface area contributed by atoms with Crippen LogP contribution in [0.1, 0.15) is 19.3 Å². The molecule has 0 bridgehead atoms. The Morgan fingerprint density at radius 1 is 0.889 bits per heavy atom. The minimum atomic E-state index is 0.119. The van der Waals surface area contributed by atoms with Gasteiger partial charge in [0.25, 0.3) is 0 Å². The minimum Gasteiger partial charge on any atom is -0.393 e. The van der Waals surface area contributed by atoms with Gasteiger partial charge in [-0.2, -0.15) is 0 Å². The van der Waals surface area contributed by atoms with Gasteiger partial charge in [0, 0.05) is 0 Å². The molecule has 3 aliphatic carbocycles. The Labute approximate surface area is 55.1 Å². The maximum atomic E-state index is 9.53. The van der Waals surface area contributed by atoms with E-state index in [9.17, 15) is 5.11 Å². The van der Waals surface area contributed by atoms with Gasteiger partial charge in [-0.25, -0.2) is 0 Å². The molecule has 0 aromatic carbocycles. The van der Waals surface area contributed by atoms with Crippen molar-refractivity contribution in [1.82, 2.24) is 0 Å². The highest BCUT2D eigenvalue weighted by atomic mass is 16.3. The van der Waals surface area contributed by atoms with Gasteiger partial charge >= 0.3 is 0 Å². The summed E-state index contributed by atoms with van der Waals surface area (Å²) in [5.41, 5.74) is 0. The Kier molecular flexibility index (Phi) is 0.628. The summed E-state index contributed by atoms with van der Waals surface area (Å²) in [5, 5.41) is 9.53. The minimum absolute atomic E-state index is 0.119. The number of aliphatic hydroxyl groups is 1. The zero-order chi connectivity index (χ0) is 6.01. The second-order valence-electron chi connectivity index (χ2n) is 4.05. The van der Waals surface area contributed by atoms with Crippen LogP contribution < -0.4 is 0 Å². The number of hydrogen-bond donors (Lipinski definition) is 1. The highest BCUT2D eigenvalue weighted by Gasteiger charge is 2.58. The van der Waals surface area contributed by atoms with E-state index in [4.69, 9.17) is 0 Å². The molecule has 3 saturated carbocycles. The Morgan fingerprint density at radius 3 is 2.00 bits per heavy atom. The summed E-state index contributed by atoms with van der Waals surface area (Å²) in [5.74, 6) is 3.38. The summed E-state index contributed by atoms with van der Waals surface area (Å²) in [4.78, 5) is 0. The molecule has 0 aromatic heterocycles. The summed E-state index contributed by atoms with van der Waals surface area (Å²) < 4.78 is 0. The molecule has 9 heavy (non-hydrogen) atoms. The van der Waals surface area contributed by atoms with E-state index in [1.54, 1.807) is 0 Å².